The maximum absolute atomic E-state index is 12.3. The monoisotopic (exact) mass is 343 g/mol. The number of aromatic amines is 1. The van der Waals surface area contributed by atoms with E-state index in [9.17, 15) is 9.90 Å². The molecule has 7 nitrogen and oxygen atoms in total. The Morgan fingerprint density at radius 3 is 3.12 bits per heavy atom. The second kappa shape index (κ2) is 8.73. The fourth-order valence-corrected chi connectivity index (χ4v) is 3.29. The summed E-state index contributed by atoms with van der Waals surface area (Å²) in [6, 6.07) is 7.67. The van der Waals surface area contributed by atoms with Crippen molar-refractivity contribution in [3.63, 3.8) is 0 Å². The van der Waals surface area contributed by atoms with Crippen LogP contribution in [-0.2, 0) is 0 Å². The molecule has 3 N–H and O–H groups in total. The van der Waals surface area contributed by atoms with Crippen LogP contribution in [0.5, 0.6) is 0 Å². The minimum absolute atomic E-state index is 0.0734. The lowest BCUT2D eigenvalue weighted by atomic mass is 10.1. The van der Waals surface area contributed by atoms with Gasteiger partial charge in [-0.3, -0.25) is 14.8 Å². The van der Waals surface area contributed by atoms with Gasteiger partial charge in [-0.1, -0.05) is 12.1 Å². The highest BCUT2D eigenvalue weighted by Gasteiger charge is 2.22. The second-order valence-corrected chi connectivity index (χ2v) is 6.39. The number of carbonyl (C=O) groups excluding carboxylic acids is 1. The fourth-order valence-electron chi connectivity index (χ4n) is 3.29. The van der Waals surface area contributed by atoms with Gasteiger partial charge >= 0.3 is 0 Å². The molecule has 0 bridgehead atoms. The average molecular weight is 343 g/mol. The first kappa shape index (κ1) is 17.6. The van der Waals surface area contributed by atoms with Crippen molar-refractivity contribution in [2.75, 3.05) is 26.2 Å². The number of aliphatic hydroxyl groups excluding tert-OH is 1. The summed E-state index contributed by atoms with van der Waals surface area (Å²) in [7, 11) is 0. The highest BCUT2D eigenvalue weighted by atomic mass is 16.3. The van der Waals surface area contributed by atoms with Crippen LogP contribution in [0, 0.1) is 0 Å². The third-order valence-corrected chi connectivity index (χ3v) is 4.68. The van der Waals surface area contributed by atoms with Crippen molar-refractivity contribution >= 4 is 5.91 Å². The molecule has 0 spiro atoms. The quantitative estimate of drug-likeness (QED) is 0.631. The molecule has 7 heteroatoms. The van der Waals surface area contributed by atoms with Crippen LogP contribution in [0.3, 0.4) is 0 Å². The molecular weight excluding hydrogens is 318 g/mol. The Kier molecular flexibility index (Phi) is 6.14. The lowest BCUT2D eigenvalue weighted by Gasteiger charge is -2.22. The summed E-state index contributed by atoms with van der Waals surface area (Å²) in [5.41, 5.74) is 1.46. The van der Waals surface area contributed by atoms with Gasteiger partial charge in [-0.15, -0.1) is 0 Å². The summed E-state index contributed by atoms with van der Waals surface area (Å²) in [4.78, 5) is 18.7. The Bertz CT molecular complexity index is 674. The molecule has 1 aromatic heterocycles. The predicted octanol–water partition coefficient (Wildman–Crippen LogP) is 1.44. The molecule has 1 unspecified atom stereocenters. The minimum atomic E-state index is -0.0734. The summed E-state index contributed by atoms with van der Waals surface area (Å²) in [5, 5.41) is 18.9. The molecule has 2 heterocycles. The lowest BCUT2D eigenvalue weighted by Crippen LogP contribution is -2.33. The Hall–Kier alpha value is -2.25. The van der Waals surface area contributed by atoms with Gasteiger partial charge in [0, 0.05) is 23.7 Å². The smallest absolute Gasteiger partial charge is 0.251 e. The van der Waals surface area contributed by atoms with E-state index in [2.05, 4.69) is 25.4 Å². The van der Waals surface area contributed by atoms with Crippen LogP contribution in [0.1, 0.15) is 36.0 Å². The molecule has 0 saturated carbocycles. The Balaban J connectivity index is 1.41. The van der Waals surface area contributed by atoms with E-state index in [1.807, 2.05) is 18.2 Å². The van der Waals surface area contributed by atoms with Crippen molar-refractivity contribution in [3.05, 3.63) is 36.2 Å². The summed E-state index contributed by atoms with van der Waals surface area (Å²) in [6.07, 6.45) is 5.67. The molecule has 1 amide bonds. The topological polar surface area (TPSA) is 94.1 Å². The van der Waals surface area contributed by atoms with Crippen molar-refractivity contribution in [2.24, 2.45) is 0 Å². The number of nitrogens with one attached hydrogen (secondary N) is 2. The van der Waals surface area contributed by atoms with Gasteiger partial charge in [0.05, 0.1) is 6.61 Å². The van der Waals surface area contributed by atoms with E-state index in [1.165, 1.54) is 12.7 Å². The SMILES string of the molecule is O=C(NCCCCN1CCCC1CO)c1cccc(-c2ncn[nH]2)c1. The minimum Gasteiger partial charge on any atom is -0.395 e. The number of unbranched alkanes of at least 4 members (excludes halogenated alkanes) is 1. The number of benzene rings is 1. The van der Waals surface area contributed by atoms with Crippen LogP contribution in [-0.4, -0.2) is 63.4 Å². The first-order chi connectivity index (χ1) is 12.3. The number of aromatic nitrogens is 3. The number of H-pyrrole nitrogens is 1. The van der Waals surface area contributed by atoms with E-state index in [-0.39, 0.29) is 12.5 Å². The van der Waals surface area contributed by atoms with Crippen LogP contribution >= 0.6 is 0 Å². The van der Waals surface area contributed by atoms with Crippen molar-refractivity contribution in [2.45, 2.75) is 31.7 Å². The first-order valence-electron chi connectivity index (χ1n) is 8.87. The zero-order chi connectivity index (χ0) is 17.5. The molecule has 1 aliphatic heterocycles. The van der Waals surface area contributed by atoms with E-state index in [4.69, 9.17) is 0 Å². The van der Waals surface area contributed by atoms with Gasteiger partial charge in [-0.25, -0.2) is 4.98 Å². The van der Waals surface area contributed by atoms with Gasteiger partial charge in [-0.05, 0) is 50.9 Å². The first-order valence-corrected chi connectivity index (χ1v) is 8.87. The number of likely N-dealkylation sites (tertiary alicyclic amines) is 1. The van der Waals surface area contributed by atoms with Crippen molar-refractivity contribution in [1.29, 1.82) is 0 Å². The van der Waals surface area contributed by atoms with Gasteiger partial charge in [0.1, 0.15) is 6.33 Å². The van der Waals surface area contributed by atoms with E-state index in [0.29, 0.717) is 24.0 Å². The zero-order valence-electron chi connectivity index (χ0n) is 14.3. The van der Waals surface area contributed by atoms with Crippen molar-refractivity contribution < 1.29 is 9.90 Å². The summed E-state index contributed by atoms with van der Waals surface area (Å²) in [5.74, 6) is 0.578. The zero-order valence-corrected chi connectivity index (χ0v) is 14.3. The number of rotatable bonds is 8. The van der Waals surface area contributed by atoms with Crippen LogP contribution in [0.2, 0.25) is 0 Å². The number of carbonyl (C=O) groups is 1. The standard InChI is InChI=1S/C18H25N5O2/c24-12-16-7-4-10-23(16)9-2-1-8-19-18(25)15-6-3-5-14(11-15)17-20-13-21-22-17/h3,5-6,11,13,16,24H,1-2,4,7-10,12H2,(H,19,25)(H,20,21,22). The number of aliphatic hydroxyl groups is 1. The molecular formula is C18H25N5O2. The van der Waals surface area contributed by atoms with E-state index in [0.717, 1.165) is 37.9 Å². The number of hydrogen-bond acceptors (Lipinski definition) is 5. The third kappa shape index (κ3) is 4.64. The molecule has 0 radical (unpaired) electrons. The van der Waals surface area contributed by atoms with Crippen molar-refractivity contribution in [1.82, 2.24) is 25.4 Å². The van der Waals surface area contributed by atoms with E-state index < -0.39 is 0 Å². The molecule has 134 valence electrons. The van der Waals surface area contributed by atoms with Gasteiger partial charge < -0.3 is 10.4 Å². The second-order valence-electron chi connectivity index (χ2n) is 6.39. The lowest BCUT2D eigenvalue weighted by molar-refractivity contribution is 0.0952. The maximum Gasteiger partial charge on any atom is 0.251 e. The normalized spacial score (nSPS) is 17.7. The summed E-state index contributed by atoms with van der Waals surface area (Å²) < 4.78 is 0. The van der Waals surface area contributed by atoms with Crippen LogP contribution in [0.15, 0.2) is 30.6 Å². The number of nitrogens with zero attached hydrogens (tertiary/aromatic N) is 3. The molecule has 25 heavy (non-hydrogen) atoms. The van der Waals surface area contributed by atoms with Gasteiger partial charge in [0.2, 0.25) is 0 Å². The Morgan fingerprint density at radius 1 is 1.40 bits per heavy atom. The molecule has 1 aliphatic rings. The summed E-state index contributed by atoms with van der Waals surface area (Å²) >= 11 is 0. The van der Waals surface area contributed by atoms with Crippen LogP contribution in [0.25, 0.3) is 11.4 Å². The molecule has 1 aromatic carbocycles. The summed E-state index contributed by atoms with van der Waals surface area (Å²) in [6.45, 7) is 2.97. The Morgan fingerprint density at radius 2 is 2.32 bits per heavy atom. The number of amides is 1. The maximum atomic E-state index is 12.3. The third-order valence-electron chi connectivity index (χ3n) is 4.68. The molecule has 1 atom stereocenters. The van der Waals surface area contributed by atoms with E-state index >= 15 is 0 Å². The van der Waals surface area contributed by atoms with Gasteiger partial charge in [-0.2, -0.15) is 5.10 Å². The highest BCUT2D eigenvalue weighted by molar-refractivity contribution is 5.95. The highest BCUT2D eigenvalue weighted by Crippen LogP contribution is 2.17. The average Bonchev–Trinajstić information content (AvgIpc) is 3.33. The largest absolute Gasteiger partial charge is 0.395 e. The molecule has 1 fully saturated rings. The fraction of sp³-hybridized carbons (Fsp3) is 0.500. The molecule has 3 rings (SSSR count). The van der Waals surface area contributed by atoms with Gasteiger partial charge in [0.25, 0.3) is 5.91 Å². The van der Waals surface area contributed by atoms with Crippen molar-refractivity contribution in [3.8, 4) is 11.4 Å². The number of hydrogen-bond donors (Lipinski definition) is 3. The van der Waals surface area contributed by atoms with Crippen LogP contribution in [0.4, 0.5) is 0 Å². The predicted molar refractivity (Wildman–Crippen MR) is 95.1 cm³/mol. The van der Waals surface area contributed by atoms with Crippen LogP contribution < -0.4 is 5.32 Å². The Labute approximate surface area is 147 Å². The molecule has 0 aliphatic carbocycles. The molecule has 2 aromatic rings. The van der Waals surface area contributed by atoms with E-state index in [1.54, 1.807) is 6.07 Å². The molecule has 1 saturated heterocycles. The van der Waals surface area contributed by atoms with Gasteiger partial charge in [0.15, 0.2) is 5.82 Å².